The molecule has 0 unspecified atom stereocenters. The first kappa shape index (κ1) is 17.1. The number of aliphatic hydroxyl groups is 1. The lowest BCUT2D eigenvalue weighted by Crippen LogP contribution is -2.36. The van der Waals surface area contributed by atoms with Crippen LogP contribution in [0.3, 0.4) is 0 Å². The van der Waals surface area contributed by atoms with E-state index in [1.165, 1.54) is 6.07 Å². The van der Waals surface area contributed by atoms with Gasteiger partial charge in [-0.05, 0) is 18.1 Å². The maximum atomic E-state index is 14.3. The van der Waals surface area contributed by atoms with Gasteiger partial charge < -0.3 is 15.7 Å². The topological polar surface area (TPSA) is 61.4 Å². The molecule has 0 fully saturated rings. The van der Waals surface area contributed by atoms with E-state index in [1.807, 2.05) is 6.08 Å². The molecule has 6 heteroatoms. The molecule has 2 amide bonds. The van der Waals surface area contributed by atoms with Crippen LogP contribution in [0.1, 0.15) is 6.42 Å². The van der Waals surface area contributed by atoms with Crippen LogP contribution in [0.15, 0.2) is 54.6 Å². The van der Waals surface area contributed by atoms with Gasteiger partial charge in [-0.3, -0.25) is 0 Å². The summed E-state index contributed by atoms with van der Waals surface area (Å²) in [5.41, 5.74) is 0.784. The fraction of sp³-hybridized carbons (Fsp3) is 0.211. The van der Waals surface area contributed by atoms with E-state index in [9.17, 15) is 13.6 Å². The van der Waals surface area contributed by atoms with E-state index in [0.29, 0.717) is 12.0 Å². The largest absolute Gasteiger partial charge is 0.396 e. The minimum Gasteiger partial charge on any atom is -0.396 e. The monoisotopic (exact) mass is 344 g/mol. The number of carbonyl (C=O) groups excluding carboxylic acids is 1. The summed E-state index contributed by atoms with van der Waals surface area (Å²) in [5, 5.41) is 14.3. The molecule has 0 saturated carbocycles. The van der Waals surface area contributed by atoms with Gasteiger partial charge in [0.15, 0.2) is 0 Å². The van der Waals surface area contributed by atoms with E-state index in [-0.39, 0.29) is 29.8 Å². The molecule has 0 bridgehead atoms. The highest BCUT2D eigenvalue weighted by atomic mass is 19.1. The smallest absolute Gasteiger partial charge is 0.319 e. The molecule has 0 saturated heterocycles. The predicted molar refractivity (Wildman–Crippen MR) is 92.1 cm³/mol. The highest BCUT2D eigenvalue weighted by Gasteiger charge is 2.21. The molecule has 2 aromatic rings. The van der Waals surface area contributed by atoms with Crippen LogP contribution in [-0.2, 0) is 0 Å². The lowest BCUT2D eigenvalue weighted by molar-refractivity contribution is 0.238. The quantitative estimate of drug-likeness (QED) is 0.741. The van der Waals surface area contributed by atoms with Gasteiger partial charge in [0.05, 0.1) is 5.69 Å². The van der Waals surface area contributed by atoms with E-state index in [2.05, 4.69) is 10.6 Å². The number of anilines is 1. The molecular weight excluding hydrogens is 326 g/mol. The number of nitrogens with one attached hydrogen (secondary N) is 2. The van der Waals surface area contributed by atoms with Crippen LogP contribution < -0.4 is 10.6 Å². The van der Waals surface area contributed by atoms with Gasteiger partial charge in [-0.2, -0.15) is 0 Å². The molecule has 25 heavy (non-hydrogen) atoms. The number of halogens is 2. The molecule has 2 aromatic carbocycles. The van der Waals surface area contributed by atoms with Gasteiger partial charge in [0, 0.05) is 30.2 Å². The van der Waals surface area contributed by atoms with Gasteiger partial charge in [-0.25, -0.2) is 13.6 Å². The first-order chi connectivity index (χ1) is 12.1. The number of aliphatic hydroxyl groups excluding tert-OH is 1. The molecule has 0 radical (unpaired) electrons. The third-order valence-electron chi connectivity index (χ3n) is 4.10. The van der Waals surface area contributed by atoms with Gasteiger partial charge in [0.1, 0.15) is 11.6 Å². The van der Waals surface area contributed by atoms with Gasteiger partial charge >= 0.3 is 6.03 Å². The van der Waals surface area contributed by atoms with E-state index < -0.39 is 17.7 Å². The summed E-state index contributed by atoms with van der Waals surface area (Å²) < 4.78 is 27.9. The van der Waals surface area contributed by atoms with Crippen LogP contribution in [0.4, 0.5) is 19.3 Å². The van der Waals surface area contributed by atoms with Crippen molar-refractivity contribution < 1.29 is 18.7 Å². The number of urea groups is 1. The summed E-state index contributed by atoms with van der Waals surface area (Å²) in [4.78, 5) is 12.2. The number of amides is 2. The minimum atomic E-state index is -0.843. The Morgan fingerprint density at radius 1 is 1.16 bits per heavy atom. The highest BCUT2D eigenvalue weighted by Crippen LogP contribution is 2.31. The molecule has 130 valence electrons. The number of rotatable bonds is 4. The van der Waals surface area contributed by atoms with Crippen LogP contribution in [0, 0.1) is 17.6 Å². The second-order valence-electron chi connectivity index (χ2n) is 5.94. The van der Waals surface area contributed by atoms with E-state index >= 15 is 0 Å². The second kappa shape index (κ2) is 7.44. The number of hydrogen-bond donors (Lipinski definition) is 3. The Labute approximate surface area is 144 Å². The second-order valence-corrected chi connectivity index (χ2v) is 5.94. The zero-order valence-corrected chi connectivity index (χ0v) is 13.4. The van der Waals surface area contributed by atoms with Crippen molar-refractivity contribution in [3.05, 3.63) is 66.3 Å². The zero-order valence-electron chi connectivity index (χ0n) is 13.4. The highest BCUT2D eigenvalue weighted by molar-refractivity contribution is 5.95. The van der Waals surface area contributed by atoms with Gasteiger partial charge in [-0.15, -0.1) is 0 Å². The molecule has 3 rings (SSSR count). The Hall–Kier alpha value is -2.73. The summed E-state index contributed by atoms with van der Waals surface area (Å²) in [6.45, 7) is 0.0149. The average Bonchev–Trinajstić information content (AvgIpc) is 3.05. The first-order valence-corrected chi connectivity index (χ1v) is 7.98. The molecule has 2 atom stereocenters. The van der Waals surface area contributed by atoms with Crippen molar-refractivity contribution >= 4 is 11.7 Å². The Bertz CT molecular complexity index is 794. The lowest BCUT2D eigenvalue weighted by Gasteiger charge is -2.16. The van der Waals surface area contributed by atoms with Crippen molar-refractivity contribution in [3.63, 3.8) is 0 Å². The van der Waals surface area contributed by atoms with E-state index in [4.69, 9.17) is 5.11 Å². The predicted octanol–water partition coefficient (Wildman–Crippen LogP) is 3.69. The third kappa shape index (κ3) is 4.03. The van der Waals surface area contributed by atoms with Crippen LogP contribution in [0.5, 0.6) is 0 Å². The first-order valence-electron chi connectivity index (χ1n) is 7.98. The van der Waals surface area contributed by atoms with Crippen LogP contribution in [0.25, 0.3) is 11.1 Å². The van der Waals surface area contributed by atoms with Gasteiger partial charge in [-0.1, -0.05) is 42.5 Å². The molecule has 1 aliphatic rings. The maximum absolute atomic E-state index is 14.3. The van der Waals surface area contributed by atoms with E-state index in [0.717, 1.165) is 6.07 Å². The van der Waals surface area contributed by atoms with Crippen molar-refractivity contribution in [3.8, 4) is 11.1 Å². The third-order valence-corrected chi connectivity index (χ3v) is 4.10. The minimum absolute atomic E-state index is 0.00716. The average molecular weight is 344 g/mol. The Morgan fingerprint density at radius 2 is 1.92 bits per heavy atom. The van der Waals surface area contributed by atoms with Crippen molar-refractivity contribution in [1.29, 1.82) is 0 Å². The number of carbonyl (C=O) groups is 1. The molecule has 0 aliphatic heterocycles. The van der Waals surface area contributed by atoms with Crippen molar-refractivity contribution in [2.75, 3.05) is 11.9 Å². The summed E-state index contributed by atoms with van der Waals surface area (Å²) in [6.07, 6.45) is 4.21. The fourth-order valence-electron chi connectivity index (χ4n) is 2.88. The van der Waals surface area contributed by atoms with Crippen molar-refractivity contribution in [1.82, 2.24) is 5.32 Å². The van der Waals surface area contributed by atoms with Crippen LogP contribution in [-0.4, -0.2) is 23.8 Å². The molecule has 0 heterocycles. The van der Waals surface area contributed by atoms with Gasteiger partial charge in [0.25, 0.3) is 0 Å². The maximum Gasteiger partial charge on any atom is 0.319 e. The zero-order chi connectivity index (χ0) is 17.8. The van der Waals surface area contributed by atoms with Crippen molar-refractivity contribution in [2.24, 2.45) is 5.92 Å². The summed E-state index contributed by atoms with van der Waals surface area (Å²) >= 11 is 0. The number of hydrogen-bond acceptors (Lipinski definition) is 2. The standard InChI is InChI=1S/C19H18F2N2O2/c20-14-9-16(13-4-2-1-3-5-13)18(17(21)10-14)23-19(25)22-15-7-6-12(8-15)11-24/h1-7,9-10,12,15,24H,8,11H2,(H2,22,23,25)/t12-,15+/m0/s1. The molecule has 1 aliphatic carbocycles. The number of benzene rings is 2. The van der Waals surface area contributed by atoms with Crippen LogP contribution >= 0.6 is 0 Å². The lowest BCUT2D eigenvalue weighted by atomic mass is 10.0. The van der Waals surface area contributed by atoms with Crippen LogP contribution in [0.2, 0.25) is 0 Å². The molecule has 3 N–H and O–H groups in total. The summed E-state index contributed by atoms with van der Waals surface area (Å²) in [5.74, 6) is -1.55. The molecule has 0 aromatic heterocycles. The molecule has 4 nitrogen and oxygen atoms in total. The Balaban J connectivity index is 1.80. The van der Waals surface area contributed by atoms with Crippen molar-refractivity contribution in [2.45, 2.75) is 12.5 Å². The summed E-state index contributed by atoms with van der Waals surface area (Å²) in [7, 11) is 0. The normalized spacial score (nSPS) is 19.0. The van der Waals surface area contributed by atoms with E-state index in [1.54, 1.807) is 36.4 Å². The fourth-order valence-corrected chi connectivity index (χ4v) is 2.88. The SMILES string of the molecule is O=C(Nc1c(F)cc(F)cc1-c1ccccc1)N[C@@H]1C=C[C@H](CO)C1. The summed E-state index contributed by atoms with van der Waals surface area (Å²) in [6, 6.07) is 9.82. The Kier molecular flexibility index (Phi) is 5.09. The van der Waals surface area contributed by atoms with Gasteiger partial charge in [0.2, 0.25) is 0 Å². The molecule has 0 spiro atoms. The Morgan fingerprint density at radius 3 is 2.60 bits per heavy atom. The molecular formula is C19H18F2N2O2.